The number of aromatic nitrogens is 3. The number of aromatic hydroxyl groups is 2. The molecule has 4 N–H and O–H groups in total. The van der Waals surface area contributed by atoms with E-state index in [4.69, 9.17) is 15.5 Å². The van der Waals surface area contributed by atoms with Gasteiger partial charge in [0.05, 0.1) is 17.6 Å². The Morgan fingerprint density at radius 3 is 2.51 bits per heavy atom. The molecule has 10 heteroatoms. The molecule has 10 nitrogen and oxygen atoms in total. The predicted octanol–water partition coefficient (Wildman–Crippen LogP) is 4.23. The van der Waals surface area contributed by atoms with Gasteiger partial charge in [-0.3, -0.25) is 14.5 Å². The summed E-state index contributed by atoms with van der Waals surface area (Å²) in [6.45, 7) is 3.86. The zero-order chi connectivity index (χ0) is 28.9. The van der Waals surface area contributed by atoms with Gasteiger partial charge in [-0.1, -0.05) is 37.6 Å². The Labute approximate surface area is 238 Å². The summed E-state index contributed by atoms with van der Waals surface area (Å²) in [7, 11) is 0. The number of nitrogens with zero attached hydrogens (tertiary/aromatic N) is 4. The number of imide groups is 1. The highest BCUT2D eigenvalue weighted by Crippen LogP contribution is 2.34. The topological polar surface area (TPSA) is 144 Å². The highest BCUT2D eigenvalue weighted by Gasteiger charge is 2.22. The molecule has 2 aromatic heterocycles. The van der Waals surface area contributed by atoms with E-state index in [0.717, 1.165) is 59.9 Å². The Hall–Kier alpha value is -4.44. The van der Waals surface area contributed by atoms with Gasteiger partial charge in [-0.25, -0.2) is 9.97 Å². The molecule has 1 aliphatic rings. The van der Waals surface area contributed by atoms with Crippen LogP contribution in [0, 0.1) is 0 Å². The molecule has 0 spiro atoms. The van der Waals surface area contributed by atoms with Crippen molar-refractivity contribution in [1.29, 1.82) is 0 Å². The van der Waals surface area contributed by atoms with Crippen LogP contribution in [-0.2, 0) is 33.7 Å². The van der Waals surface area contributed by atoms with Gasteiger partial charge in [-0.15, -0.1) is 0 Å². The fourth-order valence-corrected chi connectivity index (χ4v) is 5.19. The number of anilines is 1. The number of amides is 2. The monoisotopic (exact) mass is 557 g/mol. The lowest BCUT2D eigenvalue weighted by molar-refractivity contribution is -0.136. The molecule has 2 amide bonds. The molecular formula is C31H35N5O5. The van der Waals surface area contributed by atoms with Crippen LogP contribution in [0.15, 0.2) is 48.6 Å². The highest BCUT2D eigenvalue weighted by atomic mass is 16.5. The van der Waals surface area contributed by atoms with E-state index >= 15 is 0 Å². The van der Waals surface area contributed by atoms with Gasteiger partial charge in [0.15, 0.2) is 17.3 Å². The minimum absolute atomic E-state index is 0.137. The molecule has 3 heterocycles. The summed E-state index contributed by atoms with van der Waals surface area (Å²) in [5.41, 5.74) is 10.4. The highest BCUT2D eigenvalue weighted by molar-refractivity contribution is 6.12. The Balaban J connectivity index is 1.30. The number of ether oxygens (including phenoxy) is 1. The fraction of sp³-hybridized carbons (Fsp3) is 0.355. The third-order valence-electron chi connectivity index (χ3n) is 7.35. The van der Waals surface area contributed by atoms with Crippen LogP contribution in [0.4, 0.5) is 5.82 Å². The smallest absolute Gasteiger partial charge is 0.253 e. The van der Waals surface area contributed by atoms with Gasteiger partial charge in [0, 0.05) is 49.3 Å². The van der Waals surface area contributed by atoms with Crippen LogP contribution < -0.4 is 5.73 Å². The minimum Gasteiger partial charge on any atom is -0.504 e. The van der Waals surface area contributed by atoms with Crippen molar-refractivity contribution in [3.63, 3.8) is 0 Å². The first-order valence-electron chi connectivity index (χ1n) is 14.1. The summed E-state index contributed by atoms with van der Waals surface area (Å²) in [6, 6.07) is 11.1. The number of rotatable bonds is 13. The first-order chi connectivity index (χ1) is 19.9. The Bertz CT molecular complexity index is 1610. The van der Waals surface area contributed by atoms with Gasteiger partial charge in [-0.05, 0) is 43.4 Å². The molecule has 0 saturated carbocycles. The fourth-order valence-electron chi connectivity index (χ4n) is 5.19. The summed E-state index contributed by atoms with van der Waals surface area (Å²) >= 11 is 0. The number of fused-ring (bicyclic) bond motifs is 3. The van der Waals surface area contributed by atoms with Crippen molar-refractivity contribution < 1.29 is 24.5 Å². The number of nitrogens with two attached hydrogens (primary N) is 1. The number of carbonyl (C=O) groups is 2. The van der Waals surface area contributed by atoms with E-state index in [9.17, 15) is 19.8 Å². The van der Waals surface area contributed by atoms with E-state index in [-0.39, 0.29) is 23.3 Å². The molecule has 0 aliphatic carbocycles. The van der Waals surface area contributed by atoms with Crippen molar-refractivity contribution in [2.45, 2.75) is 52.0 Å². The molecule has 4 aromatic rings. The molecule has 0 radical (unpaired) electrons. The summed E-state index contributed by atoms with van der Waals surface area (Å²) in [6.07, 6.45) is 7.51. The van der Waals surface area contributed by atoms with Crippen LogP contribution >= 0.6 is 0 Å². The lowest BCUT2D eigenvalue weighted by atomic mass is 10.1. The number of pyridine rings is 1. The number of benzene rings is 2. The quantitative estimate of drug-likeness (QED) is 0.126. The minimum atomic E-state index is -0.268. The van der Waals surface area contributed by atoms with Crippen molar-refractivity contribution in [3.8, 4) is 11.5 Å². The second-order valence-electron chi connectivity index (χ2n) is 10.3. The van der Waals surface area contributed by atoms with E-state index in [1.165, 1.54) is 23.1 Å². The maximum absolute atomic E-state index is 11.6. The molecule has 41 heavy (non-hydrogen) atoms. The van der Waals surface area contributed by atoms with E-state index in [2.05, 4.69) is 22.5 Å². The predicted molar refractivity (Wildman–Crippen MR) is 157 cm³/mol. The van der Waals surface area contributed by atoms with Crippen LogP contribution in [0.25, 0.3) is 21.9 Å². The number of nitrogen functional groups attached to an aromatic ring is 1. The van der Waals surface area contributed by atoms with Gasteiger partial charge >= 0.3 is 0 Å². The number of para-hydroxylation sites is 1. The van der Waals surface area contributed by atoms with Gasteiger partial charge in [0.2, 0.25) is 0 Å². The summed E-state index contributed by atoms with van der Waals surface area (Å²) in [4.78, 5) is 34.0. The zero-order valence-corrected chi connectivity index (χ0v) is 23.2. The van der Waals surface area contributed by atoms with Crippen molar-refractivity contribution in [2.75, 3.05) is 25.5 Å². The standard InChI is InChI=1S/C31H35N5O5/c1-2-3-10-25-34-28-29(36(25)19-21-8-4-9-24(37)30(21)40)22-12-11-20(18-23(22)33-31(28)32)7-5-16-41-17-6-15-35-26(38)13-14-27(35)39/h4,8-9,11-14,18,37,40H,2-3,5-7,10,15-17,19H2,1H3,(H2,32,33). The second kappa shape index (κ2) is 12.4. The summed E-state index contributed by atoms with van der Waals surface area (Å²) in [5, 5.41) is 21.5. The third kappa shape index (κ3) is 6.02. The molecule has 0 bridgehead atoms. The maximum atomic E-state index is 11.6. The lowest BCUT2D eigenvalue weighted by Crippen LogP contribution is -2.31. The molecule has 0 atom stereocenters. The van der Waals surface area contributed by atoms with E-state index in [0.29, 0.717) is 49.6 Å². The number of hydrogen-bond acceptors (Lipinski definition) is 8. The molecule has 0 saturated heterocycles. The van der Waals surface area contributed by atoms with Gasteiger partial charge in [0.1, 0.15) is 11.3 Å². The molecule has 0 unspecified atom stereocenters. The normalized spacial score (nSPS) is 13.3. The average molecular weight is 558 g/mol. The van der Waals surface area contributed by atoms with Gasteiger partial charge < -0.3 is 25.3 Å². The van der Waals surface area contributed by atoms with Crippen molar-refractivity contribution in [3.05, 3.63) is 65.5 Å². The number of hydrogen-bond donors (Lipinski definition) is 3. The van der Waals surface area contributed by atoms with E-state index in [1.54, 1.807) is 12.1 Å². The summed E-state index contributed by atoms with van der Waals surface area (Å²) in [5.74, 6) is 0.389. The molecular weight excluding hydrogens is 522 g/mol. The maximum Gasteiger partial charge on any atom is 0.253 e. The number of carbonyl (C=O) groups excluding carboxylic acids is 2. The number of phenolic OH excluding ortho intramolecular Hbond substituents is 2. The largest absolute Gasteiger partial charge is 0.504 e. The van der Waals surface area contributed by atoms with Crippen LogP contribution in [-0.4, -0.2) is 61.2 Å². The molecule has 2 aromatic carbocycles. The average Bonchev–Trinajstić information content (AvgIpc) is 3.48. The molecule has 0 fully saturated rings. The molecule has 214 valence electrons. The summed E-state index contributed by atoms with van der Waals surface area (Å²) < 4.78 is 7.80. The van der Waals surface area contributed by atoms with Crippen LogP contribution in [0.2, 0.25) is 0 Å². The number of aryl methyl sites for hydroxylation is 2. The number of imidazole rings is 1. The van der Waals surface area contributed by atoms with E-state index in [1.807, 2.05) is 12.1 Å². The second-order valence-corrected chi connectivity index (χ2v) is 10.3. The van der Waals surface area contributed by atoms with Crippen LogP contribution in [0.3, 0.4) is 0 Å². The van der Waals surface area contributed by atoms with Crippen molar-refractivity contribution >= 4 is 39.6 Å². The SMILES string of the molecule is CCCCc1nc2c(N)nc3cc(CCCOCCCN4C(=O)C=CC4=O)ccc3c2n1Cc1cccc(O)c1O. The van der Waals surface area contributed by atoms with Crippen LogP contribution in [0.1, 0.15) is 49.6 Å². The molecule has 5 rings (SSSR count). The van der Waals surface area contributed by atoms with Gasteiger partial charge in [-0.2, -0.15) is 0 Å². The van der Waals surface area contributed by atoms with Crippen molar-refractivity contribution in [1.82, 2.24) is 19.4 Å². The Morgan fingerprint density at radius 2 is 1.73 bits per heavy atom. The Morgan fingerprint density at radius 1 is 0.951 bits per heavy atom. The third-order valence-corrected chi connectivity index (χ3v) is 7.35. The van der Waals surface area contributed by atoms with Crippen LogP contribution in [0.5, 0.6) is 11.5 Å². The van der Waals surface area contributed by atoms with Crippen molar-refractivity contribution in [2.24, 2.45) is 0 Å². The Kier molecular flexibility index (Phi) is 8.49. The van der Waals surface area contributed by atoms with Gasteiger partial charge in [0.25, 0.3) is 11.8 Å². The van der Waals surface area contributed by atoms with E-state index < -0.39 is 0 Å². The first kappa shape index (κ1) is 28.1. The number of unbranched alkanes of at least 4 members (excludes halogenated alkanes) is 1. The number of phenols is 2. The zero-order valence-electron chi connectivity index (χ0n) is 23.2. The first-order valence-corrected chi connectivity index (χ1v) is 14.1. The lowest BCUT2D eigenvalue weighted by Gasteiger charge is -2.13. The molecule has 1 aliphatic heterocycles.